The van der Waals surface area contributed by atoms with Crippen molar-refractivity contribution in [1.82, 2.24) is 10.6 Å². The summed E-state index contributed by atoms with van der Waals surface area (Å²) in [4.78, 5) is 12.1. The first-order chi connectivity index (χ1) is 10.4. The second kappa shape index (κ2) is 7.42. The molecule has 2 amide bonds. The van der Waals surface area contributed by atoms with Crippen LogP contribution in [0.5, 0.6) is 0 Å². The molecule has 0 radical (unpaired) electrons. The van der Waals surface area contributed by atoms with Gasteiger partial charge in [-0.3, -0.25) is 0 Å². The van der Waals surface area contributed by atoms with Gasteiger partial charge in [0.05, 0.1) is 6.54 Å². The van der Waals surface area contributed by atoms with Gasteiger partial charge < -0.3 is 20.2 Å². The van der Waals surface area contributed by atoms with Crippen molar-refractivity contribution in [2.45, 2.75) is 56.4 Å². The van der Waals surface area contributed by atoms with E-state index in [4.69, 9.17) is 4.42 Å². The summed E-state index contributed by atoms with van der Waals surface area (Å²) in [6.45, 7) is 3.57. The summed E-state index contributed by atoms with van der Waals surface area (Å²) in [5.41, 5.74) is -1.21. The zero-order valence-electron chi connectivity index (χ0n) is 13.5. The van der Waals surface area contributed by atoms with Crippen molar-refractivity contribution in [3.8, 4) is 0 Å². The minimum absolute atomic E-state index is 0.114. The van der Waals surface area contributed by atoms with Crippen molar-refractivity contribution >= 4 is 17.8 Å². The van der Waals surface area contributed by atoms with Gasteiger partial charge in [-0.25, -0.2) is 4.79 Å². The van der Waals surface area contributed by atoms with Crippen molar-refractivity contribution in [1.29, 1.82) is 0 Å². The average Bonchev–Trinajstić information content (AvgIpc) is 2.93. The fourth-order valence-corrected chi connectivity index (χ4v) is 3.76. The summed E-state index contributed by atoms with van der Waals surface area (Å²) >= 11 is 1.81. The molecule has 1 aliphatic rings. The van der Waals surface area contributed by atoms with E-state index in [9.17, 15) is 9.90 Å². The van der Waals surface area contributed by atoms with Crippen LogP contribution in [0.3, 0.4) is 0 Å². The van der Waals surface area contributed by atoms with Gasteiger partial charge in [0.1, 0.15) is 17.1 Å². The Morgan fingerprint density at radius 2 is 2.18 bits per heavy atom. The molecule has 0 spiro atoms. The van der Waals surface area contributed by atoms with Crippen LogP contribution in [0.2, 0.25) is 0 Å². The van der Waals surface area contributed by atoms with E-state index in [1.165, 1.54) is 6.42 Å². The number of rotatable bonds is 5. The lowest BCUT2D eigenvalue weighted by Crippen LogP contribution is -2.50. The molecule has 22 heavy (non-hydrogen) atoms. The Labute approximate surface area is 136 Å². The molecule has 1 heterocycles. The van der Waals surface area contributed by atoms with Crippen LogP contribution >= 0.6 is 11.8 Å². The predicted molar refractivity (Wildman–Crippen MR) is 89.1 cm³/mol. The van der Waals surface area contributed by atoms with E-state index >= 15 is 0 Å². The van der Waals surface area contributed by atoms with E-state index < -0.39 is 5.60 Å². The molecule has 1 fully saturated rings. The summed E-state index contributed by atoms with van der Waals surface area (Å²) < 4.78 is 5.44. The van der Waals surface area contributed by atoms with Gasteiger partial charge in [0.2, 0.25) is 0 Å². The number of hydrogen-bond acceptors (Lipinski definition) is 4. The largest absolute Gasteiger partial charge is 0.463 e. The summed E-state index contributed by atoms with van der Waals surface area (Å²) in [5, 5.41) is 16.7. The van der Waals surface area contributed by atoms with Gasteiger partial charge in [0.25, 0.3) is 0 Å². The van der Waals surface area contributed by atoms with E-state index in [1.54, 1.807) is 19.1 Å². The number of aliphatic hydroxyl groups is 1. The number of amides is 2. The molecule has 1 aromatic rings. The van der Waals surface area contributed by atoms with Crippen LogP contribution in [0.4, 0.5) is 4.79 Å². The van der Waals surface area contributed by atoms with E-state index in [2.05, 4.69) is 16.9 Å². The van der Waals surface area contributed by atoms with Crippen LogP contribution in [0.15, 0.2) is 16.5 Å². The quantitative estimate of drug-likeness (QED) is 0.778. The number of furan rings is 1. The summed E-state index contributed by atoms with van der Waals surface area (Å²) in [6.07, 6.45) is 6.65. The fraction of sp³-hybridized carbons (Fsp3) is 0.688. The van der Waals surface area contributed by atoms with Crippen molar-refractivity contribution < 1.29 is 14.3 Å². The van der Waals surface area contributed by atoms with E-state index in [0.717, 1.165) is 25.0 Å². The predicted octanol–water partition coefficient (Wildman–Crippen LogP) is 2.77. The number of hydrogen-bond donors (Lipinski definition) is 3. The highest BCUT2D eigenvalue weighted by Crippen LogP contribution is 2.27. The number of nitrogens with one attached hydrogen (secondary N) is 2. The van der Waals surface area contributed by atoms with Crippen LogP contribution in [-0.2, 0) is 5.60 Å². The standard InChI is InChI=1S/C16H26N2O3S/c1-11-8-9-14(21-11)16(2,20)10-17-15(19)18-12-6-4-5-7-13(12)22-3/h8-9,12-13,20H,4-7,10H2,1-3H3,(H2,17,18,19)/t12-,13-,16+/m1/s1. The van der Waals surface area contributed by atoms with Crippen LogP contribution < -0.4 is 10.6 Å². The maximum atomic E-state index is 12.1. The Morgan fingerprint density at radius 1 is 1.45 bits per heavy atom. The smallest absolute Gasteiger partial charge is 0.315 e. The minimum Gasteiger partial charge on any atom is -0.463 e. The van der Waals surface area contributed by atoms with Crippen molar-refractivity contribution in [3.63, 3.8) is 0 Å². The third-order valence-electron chi connectivity index (χ3n) is 4.19. The lowest BCUT2D eigenvalue weighted by molar-refractivity contribution is 0.0358. The molecule has 2 rings (SSSR count). The molecule has 6 heteroatoms. The molecule has 3 N–H and O–H groups in total. The molecular formula is C16H26N2O3S. The third-order valence-corrected chi connectivity index (χ3v) is 5.36. The Balaban J connectivity index is 1.84. The molecule has 3 atom stereocenters. The molecular weight excluding hydrogens is 300 g/mol. The lowest BCUT2D eigenvalue weighted by Gasteiger charge is -2.31. The van der Waals surface area contributed by atoms with E-state index in [0.29, 0.717) is 11.0 Å². The first-order valence-corrected chi connectivity index (χ1v) is 9.07. The van der Waals surface area contributed by atoms with Gasteiger partial charge in [-0.15, -0.1) is 0 Å². The van der Waals surface area contributed by atoms with Gasteiger partial charge >= 0.3 is 6.03 Å². The molecule has 0 aromatic carbocycles. The number of thioether (sulfide) groups is 1. The van der Waals surface area contributed by atoms with E-state index in [-0.39, 0.29) is 18.6 Å². The topological polar surface area (TPSA) is 74.5 Å². The second-order valence-electron chi connectivity index (χ2n) is 6.18. The van der Waals surface area contributed by atoms with Gasteiger partial charge in [-0.2, -0.15) is 11.8 Å². The van der Waals surface area contributed by atoms with Crippen molar-refractivity contribution in [2.24, 2.45) is 0 Å². The fourth-order valence-electron chi connectivity index (χ4n) is 2.83. The Hall–Kier alpha value is -1.14. The summed E-state index contributed by atoms with van der Waals surface area (Å²) in [6, 6.07) is 3.52. The maximum Gasteiger partial charge on any atom is 0.315 e. The Morgan fingerprint density at radius 3 is 2.82 bits per heavy atom. The molecule has 1 aromatic heterocycles. The highest BCUT2D eigenvalue weighted by atomic mass is 32.2. The third kappa shape index (κ3) is 4.43. The first kappa shape index (κ1) is 17.2. The van der Waals surface area contributed by atoms with Gasteiger partial charge in [-0.1, -0.05) is 12.8 Å². The zero-order valence-corrected chi connectivity index (χ0v) is 14.3. The summed E-state index contributed by atoms with van der Waals surface area (Å²) in [5.74, 6) is 1.20. The summed E-state index contributed by atoms with van der Waals surface area (Å²) in [7, 11) is 0. The van der Waals surface area contributed by atoms with Crippen LogP contribution in [0.1, 0.15) is 44.1 Å². The number of aryl methyl sites for hydroxylation is 1. The maximum absolute atomic E-state index is 12.1. The molecule has 1 aliphatic carbocycles. The van der Waals surface area contributed by atoms with E-state index in [1.807, 2.05) is 18.7 Å². The molecule has 124 valence electrons. The highest BCUT2D eigenvalue weighted by Gasteiger charge is 2.29. The molecule has 1 saturated carbocycles. The Kier molecular flexibility index (Phi) is 5.81. The Bertz CT molecular complexity index is 501. The van der Waals surface area contributed by atoms with Gasteiger partial charge in [0, 0.05) is 11.3 Å². The average molecular weight is 326 g/mol. The molecule has 0 saturated heterocycles. The molecule has 0 bridgehead atoms. The number of urea groups is 1. The SMILES string of the molecule is CS[C@@H]1CCCC[C@H]1NC(=O)NC[C@](C)(O)c1ccc(C)o1. The first-order valence-electron chi connectivity index (χ1n) is 7.79. The van der Waals surface area contributed by atoms with Crippen LogP contribution in [0.25, 0.3) is 0 Å². The van der Waals surface area contributed by atoms with Crippen molar-refractivity contribution in [3.05, 3.63) is 23.7 Å². The monoisotopic (exact) mass is 326 g/mol. The second-order valence-corrected chi connectivity index (χ2v) is 7.25. The minimum atomic E-state index is -1.21. The van der Waals surface area contributed by atoms with Gasteiger partial charge in [-0.05, 0) is 45.1 Å². The number of carbonyl (C=O) groups is 1. The number of carbonyl (C=O) groups excluding carboxylic acids is 1. The normalized spacial score (nSPS) is 24.5. The lowest BCUT2D eigenvalue weighted by atomic mass is 9.95. The van der Waals surface area contributed by atoms with Crippen molar-refractivity contribution in [2.75, 3.05) is 12.8 Å². The molecule has 5 nitrogen and oxygen atoms in total. The van der Waals surface area contributed by atoms with Crippen LogP contribution in [0, 0.1) is 6.92 Å². The van der Waals surface area contributed by atoms with Crippen LogP contribution in [-0.4, -0.2) is 35.2 Å². The zero-order chi connectivity index (χ0) is 16.2. The molecule has 0 unspecified atom stereocenters. The molecule has 0 aliphatic heterocycles. The van der Waals surface area contributed by atoms with Gasteiger partial charge in [0.15, 0.2) is 0 Å². The highest BCUT2D eigenvalue weighted by molar-refractivity contribution is 7.99.